The second kappa shape index (κ2) is 9.47. The van der Waals surface area contributed by atoms with Crippen LogP contribution >= 0.6 is 11.6 Å². The van der Waals surface area contributed by atoms with Crippen LogP contribution in [-0.2, 0) is 24.3 Å². The van der Waals surface area contributed by atoms with Crippen molar-refractivity contribution in [2.45, 2.75) is 4.90 Å². The number of rotatable bonds is 6. The zero-order chi connectivity index (χ0) is 20.0. The van der Waals surface area contributed by atoms with Gasteiger partial charge < -0.3 is 20.3 Å². The van der Waals surface area contributed by atoms with Gasteiger partial charge in [0.1, 0.15) is 0 Å². The van der Waals surface area contributed by atoms with Crippen LogP contribution in [0.5, 0.6) is 0 Å². The third-order valence-corrected chi connectivity index (χ3v) is 6.07. The summed E-state index contributed by atoms with van der Waals surface area (Å²) >= 11 is 6.05. The number of benzene rings is 1. The molecular weight excluding hydrogens is 396 g/mol. The van der Waals surface area contributed by atoms with Gasteiger partial charge in [-0.3, -0.25) is 9.59 Å². The Kier molecular flexibility index (Phi) is 7.57. The summed E-state index contributed by atoms with van der Waals surface area (Å²) in [6, 6.07) is 3.98. The molecule has 1 aliphatic heterocycles. The number of ether oxygens (including phenoxy) is 1. The maximum Gasteiger partial charge on any atom is 0.313 e. The van der Waals surface area contributed by atoms with E-state index in [2.05, 4.69) is 10.6 Å². The number of likely N-dealkylation sites (N-methyl/N-ethyl adjacent to an activating group) is 1. The minimum atomic E-state index is -3.74. The maximum absolute atomic E-state index is 12.7. The Morgan fingerprint density at radius 2 is 1.89 bits per heavy atom. The lowest BCUT2D eigenvalue weighted by Gasteiger charge is -2.26. The summed E-state index contributed by atoms with van der Waals surface area (Å²) in [6.07, 6.45) is 0. The fourth-order valence-electron chi connectivity index (χ4n) is 2.35. The van der Waals surface area contributed by atoms with Gasteiger partial charge in [0.15, 0.2) is 0 Å². The van der Waals surface area contributed by atoms with Gasteiger partial charge >= 0.3 is 11.8 Å². The molecule has 0 unspecified atom stereocenters. The number of carbonyl (C=O) groups is 2. The van der Waals surface area contributed by atoms with E-state index in [1.807, 2.05) is 19.0 Å². The molecule has 1 fully saturated rings. The second-order valence-corrected chi connectivity index (χ2v) is 8.52. The first kappa shape index (κ1) is 21.6. The second-order valence-electron chi connectivity index (χ2n) is 6.17. The minimum absolute atomic E-state index is 0.0166. The van der Waals surface area contributed by atoms with Crippen LogP contribution in [0.2, 0.25) is 5.02 Å². The minimum Gasteiger partial charge on any atom is -0.379 e. The van der Waals surface area contributed by atoms with Gasteiger partial charge in [0.2, 0.25) is 10.0 Å². The van der Waals surface area contributed by atoms with Crippen molar-refractivity contribution in [3.8, 4) is 0 Å². The zero-order valence-electron chi connectivity index (χ0n) is 15.2. The first-order chi connectivity index (χ1) is 12.7. The maximum atomic E-state index is 12.7. The predicted octanol–water partition coefficient (Wildman–Crippen LogP) is -0.0228. The van der Waals surface area contributed by atoms with Crippen LogP contribution in [0.25, 0.3) is 0 Å². The Balaban J connectivity index is 2.10. The Labute approximate surface area is 163 Å². The average molecular weight is 419 g/mol. The Bertz CT molecular complexity index is 794. The number of halogens is 1. The SMILES string of the molecule is CN(C)CCNC(=O)C(=O)Nc1cc(S(=O)(=O)N2CCOCC2)ccc1Cl. The molecule has 0 aromatic heterocycles. The Morgan fingerprint density at radius 1 is 1.22 bits per heavy atom. The third kappa shape index (κ3) is 5.88. The van der Waals surface area contributed by atoms with Gasteiger partial charge in [0.05, 0.1) is 28.8 Å². The lowest BCUT2D eigenvalue weighted by Crippen LogP contribution is -2.40. The predicted molar refractivity (Wildman–Crippen MR) is 101 cm³/mol. The van der Waals surface area contributed by atoms with Crippen molar-refractivity contribution in [2.24, 2.45) is 0 Å². The van der Waals surface area contributed by atoms with Crippen LogP contribution in [0.3, 0.4) is 0 Å². The summed E-state index contributed by atoms with van der Waals surface area (Å²) in [5.41, 5.74) is 0.0544. The van der Waals surface area contributed by atoms with Gasteiger partial charge in [-0.1, -0.05) is 11.6 Å². The number of sulfonamides is 1. The molecule has 2 amide bonds. The fourth-order valence-corrected chi connectivity index (χ4v) is 3.95. The van der Waals surface area contributed by atoms with Crippen molar-refractivity contribution in [3.63, 3.8) is 0 Å². The van der Waals surface area contributed by atoms with E-state index >= 15 is 0 Å². The molecule has 1 saturated heterocycles. The summed E-state index contributed by atoms with van der Waals surface area (Å²) in [6.45, 7) is 2.03. The van der Waals surface area contributed by atoms with Gasteiger partial charge in [0, 0.05) is 26.2 Å². The molecule has 0 atom stereocenters. The van der Waals surface area contributed by atoms with Crippen LogP contribution in [-0.4, -0.2) is 82.9 Å². The molecule has 1 aromatic rings. The molecular formula is C16H23ClN4O5S. The first-order valence-corrected chi connectivity index (χ1v) is 10.1. The van der Waals surface area contributed by atoms with E-state index in [1.54, 1.807) is 0 Å². The highest BCUT2D eigenvalue weighted by atomic mass is 35.5. The lowest BCUT2D eigenvalue weighted by atomic mass is 10.3. The van der Waals surface area contributed by atoms with Crippen molar-refractivity contribution in [3.05, 3.63) is 23.2 Å². The molecule has 150 valence electrons. The van der Waals surface area contributed by atoms with E-state index in [0.29, 0.717) is 26.3 Å². The van der Waals surface area contributed by atoms with Crippen molar-refractivity contribution in [1.29, 1.82) is 0 Å². The fraction of sp³-hybridized carbons (Fsp3) is 0.500. The van der Waals surface area contributed by atoms with Gasteiger partial charge in [-0.05, 0) is 32.3 Å². The number of nitrogens with one attached hydrogen (secondary N) is 2. The third-order valence-electron chi connectivity index (χ3n) is 3.84. The van der Waals surface area contributed by atoms with Crippen LogP contribution in [0.4, 0.5) is 5.69 Å². The van der Waals surface area contributed by atoms with Crippen LogP contribution in [0.1, 0.15) is 0 Å². The van der Waals surface area contributed by atoms with Crippen LogP contribution in [0, 0.1) is 0 Å². The highest BCUT2D eigenvalue weighted by molar-refractivity contribution is 7.89. The van der Waals surface area contributed by atoms with E-state index < -0.39 is 21.8 Å². The Hall–Kier alpha value is -1.72. The highest BCUT2D eigenvalue weighted by Gasteiger charge is 2.27. The van der Waals surface area contributed by atoms with E-state index in [-0.39, 0.29) is 28.7 Å². The molecule has 2 rings (SSSR count). The molecule has 1 aromatic carbocycles. The summed E-state index contributed by atoms with van der Waals surface area (Å²) in [5, 5.41) is 4.96. The molecule has 27 heavy (non-hydrogen) atoms. The Morgan fingerprint density at radius 3 is 2.52 bits per heavy atom. The van der Waals surface area contributed by atoms with E-state index in [9.17, 15) is 18.0 Å². The summed E-state index contributed by atoms with van der Waals surface area (Å²) in [7, 11) is -0.0644. The monoisotopic (exact) mass is 418 g/mol. The molecule has 9 nitrogen and oxygen atoms in total. The molecule has 0 bridgehead atoms. The number of morpholine rings is 1. The van der Waals surface area contributed by atoms with Crippen LogP contribution in [0.15, 0.2) is 23.1 Å². The van der Waals surface area contributed by atoms with Crippen molar-refractivity contribution in [1.82, 2.24) is 14.5 Å². The van der Waals surface area contributed by atoms with E-state index in [1.165, 1.54) is 22.5 Å². The lowest BCUT2D eigenvalue weighted by molar-refractivity contribution is -0.136. The van der Waals surface area contributed by atoms with E-state index in [0.717, 1.165) is 0 Å². The van der Waals surface area contributed by atoms with Crippen LogP contribution < -0.4 is 10.6 Å². The molecule has 0 spiro atoms. The zero-order valence-corrected chi connectivity index (χ0v) is 16.8. The van der Waals surface area contributed by atoms with E-state index in [4.69, 9.17) is 16.3 Å². The molecule has 2 N–H and O–H groups in total. The number of nitrogens with zero attached hydrogens (tertiary/aromatic N) is 2. The average Bonchev–Trinajstić information content (AvgIpc) is 2.63. The topological polar surface area (TPSA) is 108 Å². The number of amides is 2. The standard InChI is InChI=1S/C16H23ClN4O5S/c1-20(2)6-5-18-15(22)16(23)19-14-11-12(3-4-13(14)17)27(24,25)21-7-9-26-10-8-21/h3-4,11H,5-10H2,1-2H3,(H,18,22)(H,19,23). The molecule has 1 aliphatic rings. The van der Waals surface area contributed by atoms with Crippen molar-refractivity contribution >= 4 is 39.1 Å². The number of hydrogen-bond donors (Lipinski definition) is 2. The largest absolute Gasteiger partial charge is 0.379 e. The summed E-state index contributed by atoms with van der Waals surface area (Å²) < 4.78 is 31.9. The normalized spacial score (nSPS) is 15.6. The highest BCUT2D eigenvalue weighted by Crippen LogP contribution is 2.27. The number of anilines is 1. The smallest absolute Gasteiger partial charge is 0.313 e. The quantitative estimate of drug-likeness (QED) is 0.628. The van der Waals surface area contributed by atoms with Gasteiger partial charge in [-0.2, -0.15) is 4.31 Å². The van der Waals surface area contributed by atoms with Crippen molar-refractivity contribution < 1.29 is 22.7 Å². The molecule has 0 saturated carbocycles. The summed E-state index contributed by atoms with van der Waals surface area (Å²) in [4.78, 5) is 25.7. The summed E-state index contributed by atoms with van der Waals surface area (Å²) in [5.74, 6) is -1.74. The van der Waals surface area contributed by atoms with Gasteiger partial charge in [0.25, 0.3) is 0 Å². The molecule has 0 radical (unpaired) electrons. The first-order valence-electron chi connectivity index (χ1n) is 8.33. The van der Waals surface area contributed by atoms with Crippen molar-refractivity contribution in [2.75, 3.05) is 58.8 Å². The molecule has 1 heterocycles. The van der Waals surface area contributed by atoms with Gasteiger partial charge in [-0.25, -0.2) is 8.42 Å². The number of hydrogen-bond acceptors (Lipinski definition) is 6. The molecule has 0 aliphatic carbocycles. The number of carbonyl (C=O) groups excluding carboxylic acids is 2. The molecule has 11 heteroatoms. The van der Waals surface area contributed by atoms with Gasteiger partial charge in [-0.15, -0.1) is 0 Å².